The van der Waals surface area contributed by atoms with Crippen LogP contribution < -0.4 is 0 Å². The zero-order chi connectivity index (χ0) is 18.9. The first-order chi connectivity index (χ1) is 12.4. The Labute approximate surface area is 151 Å². The van der Waals surface area contributed by atoms with Gasteiger partial charge in [0.2, 0.25) is 0 Å². The second-order valence-electron chi connectivity index (χ2n) is 6.25. The van der Waals surface area contributed by atoms with Crippen LogP contribution >= 0.6 is 0 Å². The number of ether oxygens (including phenoxy) is 2. The number of carbonyl (C=O) groups is 2. The lowest BCUT2D eigenvalue weighted by molar-refractivity contribution is -0.141. The average Bonchev–Trinajstić information content (AvgIpc) is 2.66. The molecule has 5 heteroatoms. The summed E-state index contributed by atoms with van der Waals surface area (Å²) in [5.41, 5.74) is 0.910. The van der Waals surface area contributed by atoms with Crippen molar-refractivity contribution >= 4 is 11.9 Å². The van der Waals surface area contributed by atoms with Gasteiger partial charge in [0.15, 0.2) is 0 Å². The highest BCUT2D eigenvalue weighted by atomic mass is 16.5. The van der Waals surface area contributed by atoms with Gasteiger partial charge in [-0.05, 0) is 23.6 Å². The van der Waals surface area contributed by atoms with Gasteiger partial charge in [0.25, 0.3) is 0 Å². The molecule has 0 aromatic heterocycles. The number of esters is 2. The molecule has 0 saturated heterocycles. The molecule has 1 unspecified atom stereocenters. The van der Waals surface area contributed by atoms with E-state index in [0.717, 1.165) is 11.1 Å². The summed E-state index contributed by atoms with van der Waals surface area (Å²) in [5, 5.41) is 11.8. The van der Waals surface area contributed by atoms with Gasteiger partial charge in [-0.25, -0.2) is 9.59 Å². The van der Waals surface area contributed by atoms with Gasteiger partial charge in [-0.2, -0.15) is 0 Å². The molecule has 0 fully saturated rings. The Bertz CT molecular complexity index is 912. The Balaban J connectivity index is 2.40. The van der Waals surface area contributed by atoms with E-state index in [-0.39, 0.29) is 17.6 Å². The number of fused-ring (bicyclic) bond motifs is 1. The fraction of sp³-hybridized carbons (Fsp3) is 0.238. The van der Waals surface area contributed by atoms with Crippen molar-refractivity contribution in [3.05, 3.63) is 81.9 Å². The van der Waals surface area contributed by atoms with Crippen molar-refractivity contribution in [1.29, 1.82) is 0 Å². The highest BCUT2D eigenvalue weighted by Crippen LogP contribution is 2.45. The van der Waals surface area contributed by atoms with E-state index < -0.39 is 17.5 Å². The Hall–Kier alpha value is -2.92. The smallest absolute Gasteiger partial charge is 0.337 e. The molecule has 1 aliphatic carbocycles. The lowest BCUT2D eigenvalue weighted by Gasteiger charge is -2.37. The Morgan fingerprint density at radius 2 is 1.69 bits per heavy atom. The SMILES string of the molecule is COC(=O)C1=C(C(=O)OC)C(O)(c2cccc(C)c2)c2ccccc2C1. The van der Waals surface area contributed by atoms with E-state index in [4.69, 9.17) is 9.47 Å². The lowest BCUT2D eigenvalue weighted by atomic mass is 9.71. The Morgan fingerprint density at radius 3 is 2.35 bits per heavy atom. The van der Waals surface area contributed by atoms with Crippen LogP contribution in [-0.4, -0.2) is 31.3 Å². The molecule has 1 N–H and O–H groups in total. The number of hydrogen-bond donors (Lipinski definition) is 1. The van der Waals surface area contributed by atoms with Crippen molar-refractivity contribution < 1.29 is 24.2 Å². The normalized spacial score (nSPS) is 18.9. The summed E-state index contributed by atoms with van der Waals surface area (Å²) < 4.78 is 9.78. The lowest BCUT2D eigenvalue weighted by Crippen LogP contribution is -2.40. The molecule has 0 spiro atoms. The first-order valence-corrected chi connectivity index (χ1v) is 8.21. The van der Waals surface area contributed by atoms with Crippen LogP contribution in [0.4, 0.5) is 0 Å². The maximum atomic E-state index is 12.6. The van der Waals surface area contributed by atoms with Crippen molar-refractivity contribution in [2.24, 2.45) is 0 Å². The van der Waals surface area contributed by atoms with Crippen molar-refractivity contribution in [2.75, 3.05) is 14.2 Å². The maximum Gasteiger partial charge on any atom is 0.337 e. The predicted molar refractivity (Wildman–Crippen MR) is 95.4 cm³/mol. The van der Waals surface area contributed by atoms with Crippen LogP contribution in [0.1, 0.15) is 22.3 Å². The van der Waals surface area contributed by atoms with Gasteiger partial charge in [0, 0.05) is 6.42 Å². The average molecular weight is 352 g/mol. The van der Waals surface area contributed by atoms with E-state index in [1.807, 2.05) is 25.1 Å². The van der Waals surface area contributed by atoms with Gasteiger partial charge in [0.05, 0.1) is 25.4 Å². The zero-order valence-electron chi connectivity index (χ0n) is 14.9. The molecule has 0 saturated carbocycles. The van der Waals surface area contributed by atoms with Gasteiger partial charge in [0.1, 0.15) is 5.60 Å². The van der Waals surface area contributed by atoms with E-state index in [9.17, 15) is 14.7 Å². The summed E-state index contributed by atoms with van der Waals surface area (Å²) >= 11 is 0. The molecule has 134 valence electrons. The minimum Gasteiger partial charge on any atom is -0.466 e. The number of hydrogen-bond acceptors (Lipinski definition) is 5. The number of benzene rings is 2. The van der Waals surface area contributed by atoms with Crippen LogP contribution in [0.3, 0.4) is 0 Å². The van der Waals surface area contributed by atoms with Crippen LogP contribution in [0.2, 0.25) is 0 Å². The Morgan fingerprint density at radius 1 is 1.00 bits per heavy atom. The third-order valence-corrected chi connectivity index (χ3v) is 4.70. The zero-order valence-corrected chi connectivity index (χ0v) is 14.9. The van der Waals surface area contributed by atoms with E-state index in [2.05, 4.69) is 0 Å². The summed E-state index contributed by atoms with van der Waals surface area (Å²) in [5.74, 6) is -1.42. The van der Waals surface area contributed by atoms with Crippen LogP contribution in [0.25, 0.3) is 0 Å². The minimum absolute atomic E-state index is 0.0991. The standard InChI is InChI=1S/C21H20O5/c1-13-7-6-9-15(11-13)21(24)17-10-5-4-8-14(17)12-16(19(22)25-2)18(21)20(23)26-3/h4-11,24H,12H2,1-3H3. The van der Waals surface area contributed by atoms with Gasteiger partial charge in [-0.1, -0.05) is 54.1 Å². The summed E-state index contributed by atoms with van der Waals surface area (Å²) in [6.07, 6.45) is 0.182. The summed E-state index contributed by atoms with van der Waals surface area (Å²) in [6.45, 7) is 1.89. The third kappa shape index (κ3) is 2.70. The minimum atomic E-state index is -1.81. The highest BCUT2D eigenvalue weighted by Gasteiger charge is 2.47. The summed E-state index contributed by atoms with van der Waals surface area (Å²) in [7, 11) is 2.47. The second-order valence-corrected chi connectivity index (χ2v) is 6.25. The van der Waals surface area contributed by atoms with Gasteiger partial charge in [-0.15, -0.1) is 0 Å². The monoisotopic (exact) mass is 352 g/mol. The number of rotatable bonds is 3. The Kier molecular flexibility index (Phi) is 4.66. The van der Waals surface area contributed by atoms with E-state index in [0.29, 0.717) is 11.1 Å². The molecule has 0 radical (unpaired) electrons. The number of aryl methyl sites for hydroxylation is 1. The quantitative estimate of drug-likeness (QED) is 0.859. The van der Waals surface area contributed by atoms with Crippen LogP contribution in [0, 0.1) is 6.92 Å². The van der Waals surface area contributed by atoms with E-state index in [1.54, 1.807) is 30.3 Å². The topological polar surface area (TPSA) is 72.8 Å². The molecule has 0 bridgehead atoms. The van der Waals surface area contributed by atoms with Crippen molar-refractivity contribution in [3.8, 4) is 0 Å². The molecule has 0 heterocycles. The molecule has 1 atom stereocenters. The molecule has 5 nitrogen and oxygen atoms in total. The summed E-state index contributed by atoms with van der Waals surface area (Å²) in [4.78, 5) is 25.0. The van der Waals surface area contributed by atoms with Crippen molar-refractivity contribution in [1.82, 2.24) is 0 Å². The molecule has 1 aliphatic rings. The van der Waals surface area contributed by atoms with Crippen LogP contribution in [0.15, 0.2) is 59.7 Å². The second kappa shape index (κ2) is 6.77. The third-order valence-electron chi connectivity index (χ3n) is 4.70. The highest BCUT2D eigenvalue weighted by molar-refractivity contribution is 6.03. The fourth-order valence-corrected chi connectivity index (χ4v) is 3.50. The molecule has 3 rings (SSSR count). The van der Waals surface area contributed by atoms with Gasteiger partial charge in [-0.3, -0.25) is 0 Å². The van der Waals surface area contributed by atoms with Crippen LogP contribution in [0.5, 0.6) is 0 Å². The molecule has 2 aromatic rings. The largest absolute Gasteiger partial charge is 0.466 e. The van der Waals surface area contributed by atoms with E-state index in [1.165, 1.54) is 14.2 Å². The maximum absolute atomic E-state index is 12.6. The van der Waals surface area contributed by atoms with E-state index >= 15 is 0 Å². The first kappa shape index (κ1) is 17.9. The number of carbonyl (C=O) groups excluding carboxylic acids is 2. The van der Waals surface area contributed by atoms with Crippen molar-refractivity contribution in [2.45, 2.75) is 18.9 Å². The first-order valence-electron chi connectivity index (χ1n) is 8.21. The van der Waals surface area contributed by atoms with Crippen LogP contribution in [-0.2, 0) is 31.1 Å². The van der Waals surface area contributed by atoms with Gasteiger partial charge < -0.3 is 14.6 Å². The molecular weight excluding hydrogens is 332 g/mol. The number of methoxy groups -OCH3 is 2. The summed E-state index contributed by atoms with van der Waals surface area (Å²) in [6, 6.07) is 14.4. The molecular formula is C21H20O5. The van der Waals surface area contributed by atoms with Gasteiger partial charge >= 0.3 is 11.9 Å². The number of aliphatic hydroxyl groups is 1. The molecule has 2 aromatic carbocycles. The fourth-order valence-electron chi connectivity index (χ4n) is 3.50. The predicted octanol–water partition coefficient (Wildman–Crippen LogP) is 2.43. The molecule has 0 amide bonds. The molecule has 26 heavy (non-hydrogen) atoms. The van der Waals surface area contributed by atoms with Crippen molar-refractivity contribution in [3.63, 3.8) is 0 Å². The molecule has 0 aliphatic heterocycles.